The number of benzene rings is 3. The standard InChI is InChI=1S/C25H26N2O6S/c1-17-15-19(13-14-23(17)32-2)34(30,31)27-22(16-18-9-5-4-6-10-18)24(28)26-21-12-8-7-11-20(21)25(29)33-3/h4-15,22,27H,16H2,1-3H3,(H,26,28)/t22-/m0/s1. The highest BCUT2D eigenvalue weighted by Crippen LogP contribution is 2.22. The van der Waals surface area contributed by atoms with Crippen molar-refractivity contribution >= 4 is 27.6 Å². The molecule has 0 aliphatic carbocycles. The van der Waals surface area contributed by atoms with E-state index in [1.54, 1.807) is 55.5 Å². The number of anilines is 1. The summed E-state index contributed by atoms with van der Waals surface area (Å²) in [6.07, 6.45) is 0.0986. The lowest BCUT2D eigenvalue weighted by Gasteiger charge is -2.20. The molecule has 0 radical (unpaired) electrons. The number of hydrogen-bond acceptors (Lipinski definition) is 6. The maximum atomic E-state index is 13.2. The number of carbonyl (C=O) groups is 2. The first kappa shape index (κ1) is 24.9. The fourth-order valence-corrected chi connectivity index (χ4v) is 4.69. The Balaban J connectivity index is 1.92. The normalized spacial score (nSPS) is 12.0. The molecule has 0 aliphatic rings. The summed E-state index contributed by atoms with van der Waals surface area (Å²) in [7, 11) is -1.31. The summed E-state index contributed by atoms with van der Waals surface area (Å²) in [5.74, 6) is -0.684. The zero-order chi connectivity index (χ0) is 24.7. The number of sulfonamides is 1. The smallest absolute Gasteiger partial charge is 0.339 e. The summed E-state index contributed by atoms with van der Waals surface area (Å²) in [5, 5.41) is 2.66. The van der Waals surface area contributed by atoms with Gasteiger partial charge in [0.2, 0.25) is 15.9 Å². The second kappa shape index (κ2) is 11.0. The number of rotatable bonds is 9. The van der Waals surface area contributed by atoms with Crippen molar-refractivity contribution in [2.75, 3.05) is 19.5 Å². The van der Waals surface area contributed by atoms with E-state index in [0.29, 0.717) is 11.3 Å². The molecule has 1 atom stereocenters. The SMILES string of the molecule is COC(=O)c1ccccc1NC(=O)[C@H](Cc1ccccc1)NS(=O)(=O)c1ccc(OC)c(C)c1. The third kappa shape index (κ3) is 6.00. The van der Waals surface area contributed by atoms with Gasteiger partial charge in [0.1, 0.15) is 11.8 Å². The van der Waals surface area contributed by atoms with E-state index >= 15 is 0 Å². The predicted molar refractivity (Wildman–Crippen MR) is 128 cm³/mol. The molecule has 3 rings (SSSR count). The Morgan fingerprint density at radius 3 is 2.26 bits per heavy atom. The average molecular weight is 483 g/mol. The van der Waals surface area contributed by atoms with E-state index in [1.165, 1.54) is 32.4 Å². The van der Waals surface area contributed by atoms with E-state index in [9.17, 15) is 18.0 Å². The molecule has 0 aromatic heterocycles. The molecule has 0 unspecified atom stereocenters. The van der Waals surface area contributed by atoms with Crippen LogP contribution in [0, 0.1) is 6.92 Å². The lowest BCUT2D eigenvalue weighted by Crippen LogP contribution is -2.45. The lowest BCUT2D eigenvalue weighted by atomic mass is 10.1. The molecule has 8 nitrogen and oxygen atoms in total. The van der Waals surface area contributed by atoms with Gasteiger partial charge in [0.25, 0.3) is 0 Å². The first-order valence-corrected chi connectivity index (χ1v) is 11.9. The van der Waals surface area contributed by atoms with Gasteiger partial charge in [-0.3, -0.25) is 4.79 Å². The van der Waals surface area contributed by atoms with E-state index in [-0.39, 0.29) is 22.6 Å². The van der Waals surface area contributed by atoms with Crippen molar-refractivity contribution in [3.63, 3.8) is 0 Å². The molecule has 3 aromatic rings. The predicted octanol–water partition coefficient (Wildman–Crippen LogP) is 3.32. The molecule has 1 amide bonds. The maximum absolute atomic E-state index is 13.2. The van der Waals surface area contributed by atoms with Crippen LogP contribution in [-0.4, -0.2) is 40.6 Å². The number of carbonyl (C=O) groups excluding carboxylic acids is 2. The molecule has 178 valence electrons. The van der Waals surface area contributed by atoms with Crippen molar-refractivity contribution in [2.45, 2.75) is 24.3 Å². The van der Waals surface area contributed by atoms with Gasteiger partial charge in [-0.05, 0) is 54.8 Å². The summed E-state index contributed by atoms with van der Waals surface area (Å²) in [6, 6.07) is 18.7. The third-order valence-corrected chi connectivity index (χ3v) is 6.63. The van der Waals surface area contributed by atoms with Crippen molar-refractivity contribution in [3.05, 3.63) is 89.5 Å². The van der Waals surface area contributed by atoms with E-state index in [1.807, 2.05) is 6.07 Å². The molecule has 34 heavy (non-hydrogen) atoms. The van der Waals surface area contributed by atoms with Crippen molar-refractivity contribution in [1.29, 1.82) is 0 Å². The number of amides is 1. The Morgan fingerprint density at radius 1 is 0.941 bits per heavy atom. The largest absolute Gasteiger partial charge is 0.496 e. The Kier molecular flexibility index (Phi) is 8.04. The minimum absolute atomic E-state index is 0.00613. The monoisotopic (exact) mass is 482 g/mol. The molecule has 0 saturated carbocycles. The number of methoxy groups -OCH3 is 2. The van der Waals surface area contributed by atoms with Gasteiger partial charge in [-0.25, -0.2) is 13.2 Å². The van der Waals surface area contributed by atoms with Gasteiger partial charge in [0.05, 0.1) is 30.4 Å². The number of esters is 1. The molecule has 0 bridgehead atoms. The molecule has 0 saturated heterocycles. The minimum atomic E-state index is -4.05. The topological polar surface area (TPSA) is 111 Å². The number of nitrogens with one attached hydrogen (secondary N) is 2. The fourth-order valence-electron chi connectivity index (χ4n) is 3.41. The zero-order valence-electron chi connectivity index (χ0n) is 19.1. The van der Waals surface area contributed by atoms with Crippen LogP contribution in [0.2, 0.25) is 0 Å². The van der Waals surface area contributed by atoms with E-state index in [2.05, 4.69) is 10.0 Å². The third-order valence-electron chi connectivity index (χ3n) is 5.16. The van der Waals surface area contributed by atoms with Gasteiger partial charge in [-0.1, -0.05) is 42.5 Å². The summed E-state index contributed by atoms with van der Waals surface area (Å²) >= 11 is 0. The summed E-state index contributed by atoms with van der Waals surface area (Å²) in [4.78, 5) is 25.3. The fraction of sp³-hybridized carbons (Fsp3) is 0.200. The van der Waals surface area contributed by atoms with Gasteiger partial charge in [0.15, 0.2) is 0 Å². The van der Waals surface area contributed by atoms with Crippen LogP contribution in [0.1, 0.15) is 21.5 Å². The molecule has 2 N–H and O–H groups in total. The Bertz CT molecular complexity index is 1280. The molecular weight excluding hydrogens is 456 g/mol. The molecule has 0 spiro atoms. The molecule has 0 aliphatic heterocycles. The van der Waals surface area contributed by atoms with Crippen LogP contribution < -0.4 is 14.8 Å². The van der Waals surface area contributed by atoms with Crippen LogP contribution in [0.3, 0.4) is 0 Å². The molecule has 3 aromatic carbocycles. The summed E-state index contributed by atoms with van der Waals surface area (Å²) in [5.41, 5.74) is 1.78. The lowest BCUT2D eigenvalue weighted by molar-refractivity contribution is -0.117. The van der Waals surface area contributed by atoms with E-state index in [4.69, 9.17) is 9.47 Å². The van der Waals surface area contributed by atoms with Crippen molar-refractivity contribution < 1.29 is 27.5 Å². The number of aryl methyl sites for hydroxylation is 1. The summed E-state index contributed by atoms with van der Waals surface area (Å²) in [6.45, 7) is 1.73. The van der Waals surface area contributed by atoms with Gasteiger partial charge < -0.3 is 14.8 Å². The minimum Gasteiger partial charge on any atom is -0.496 e. The molecular formula is C25H26N2O6S. The number of ether oxygens (including phenoxy) is 2. The average Bonchev–Trinajstić information content (AvgIpc) is 2.84. The van der Waals surface area contributed by atoms with Gasteiger partial charge in [-0.15, -0.1) is 0 Å². The van der Waals surface area contributed by atoms with Crippen molar-refractivity contribution in [2.24, 2.45) is 0 Å². The van der Waals surface area contributed by atoms with Gasteiger partial charge in [-0.2, -0.15) is 4.72 Å². The Labute approximate surface area is 199 Å². The summed E-state index contributed by atoms with van der Waals surface area (Å²) < 4.78 is 38.8. The number of hydrogen-bond donors (Lipinski definition) is 2. The highest BCUT2D eigenvalue weighted by Gasteiger charge is 2.27. The quantitative estimate of drug-likeness (QED) is 0.453. The number of para-hydroxylation sites is 1. The zero-order valence-corrected chi connectivity index (χ0v) is 19.9. The first-order chi connectivity index (χ1) is 16.2. The maximum Gasteiger partial charge on any atom is 0.339 e. The van der Waals surface area contributed by atoms with Crippen LogP contribution in [-0.2, 0) is 26.0 Å². The van der Waals surface area contributed by atoms with Crippen LogP contribution >= 0.6 is 0 Å². The van der Waals surface area contributed by atoms with Crippen LogP contribution in [0.4, 0.5) is 5.69 Å². The molecule has 0 fully saturated rings. The molecule has 9 heteroatoms. The second-order valence-electron chi connectivity index (χ2n) is 7.52. The van der Waals surface area contributed by atoms with Gasteiger partial charge in [0, 0.05) is 0 Å². The Hall–Kier alpha value is -3.69. The van der Waals surface area contributed by atoms with E-state index in [0.717, 1.165) is 5.56 Å². The highest BCUT2D eigenvalue weighted by molar-refractivity contribution is 7.89. The van der Waals surface area contributed by atoms with Crippen molar-refractivity contribution in [3.8, 4) is 5.75 Å². The van der Waals surface area contributed by atoms with E-state index < -0.39 is 27.9 Å². The first-order valence-electron chi connectivity index (χ1n) is 10.4. The van der Waals surface area contributed by atoms with Crippen LogP contribution in [0.5, 0.6) is 5.75 Å². The van der Waals surface area contributed by atoms with Crippen molar-refractivity contribution in [1.82, 2.24) is 4.72 Å². The van der Waals surface area contributed by atoms with Crippen LogP contribution in [0.25, 0.3) is 0 Å². The van der Waals surface area contributed by atoms with Crippen LogP contribution in [0.15, 0.2) is 77.7 Å². The van der Waals surface area contributed by atoms with Gasteiger partial charge >= 0.3 is 5.97 Å². The Morgan fingerprint density at radius 2 is 1.62 bits per heavy atom. The highest BCUT2D eigenvalue weighted by atomic mass is 32.2. The second-order valence-corrected chi connectivity index (χ2v) is 9.24. The molecule has 0 heterocycles.